The lowest BCUT2D eigenvalue weighted by molar-refractivity contribution is -0.118. The van der Waals surface area contributed by atoms with Gasteiger partial charge >= 0.3 is 0 Å². The fraction of sp³-hybridized carbons (Fsp3) is 0.130. The number of hydrogen-bond acceptors (Lipinski definition) is 4. The van der Waals surface area contributed by atoms with Crippen LogP contribution in [0.4, 0.5) is 5.13 Å². The summed E-state index contributed by atoms with van der Waals surface area (Å²) in [5.41, 5.74) is 2.97. The molecule has 0 saturated heterocycles. The maximum Gasteiger partial charge on any atom is 0.264 e. The van der Waals surface area contributed by atoms with Crippen molar-refractivity contribution in [2.75, 3.05) is 11.9 Å². The van der Waals surface area contributed by atoms with E-state index in [-0.39, 0.29) is 12.5 Å². The summed E-state index contributed by atoms with van der Waals surface area (Å²) in [4.78, 5) is 16.8. The van der Waals surface area contributed by atoms with Gasteiger partial charge in [0.05, 0.1) is 5.69 Å². The Morgan fingerprint density at radius 1 is 1.04 bits per heavy atom. The largest absolute Gasteiger partial charge is 0.483 e. The maximum atomic E-state index is 12.2. The van der Waals surface area contributed by atoms with Crippen molar-refractivity contribution in [3.63, 3.8) is 0 Å². The molecule has 0 aliphatic rings. The molecular formula is C23H20N2O2S. The van der Waals surface area contributed by atoms with Crippen LogP contribution in [0.1, 0.15) is 12.5 Å². The van der Waals surface area contributed by atoms with E-state index in [1.54, 1.807) is 0 Å². The molecule has 4 nitrogen and oxygen atoms in total. The van der Waals surface area contributed by atoms with Crippen LogP contribution in [0.5, 0.6) is 5.75 Å². The lowest BCUT2D eigenvalue weighted by Crippen LogP contribution is -2.20. The van der Waals surface area contributed by atoms with Gasteiger partial charge in [-0.1, -0.05) is 61.5 Å². The number of anilines is 1. The van der Waals surface area contributed by atoms with Crippen LogP contribution >= 0.6 is 11.3 Å². The highest BCUT2D eigenvalue weighted by atomic mass is 32.1. The summed E-state index contributed by atoms with van der Waals surface area (Å²) in [6.07, 6.45) is 0.861. The summed E-state index contributed by atoms with van der Waals surface area (Å²) in [6, 6.07) is 22.2. The monoisotopic (exact) mass is 388 g/mol. The van der Waals surface area contributed by atoms with Gasteiger partial charge in [0.2, 0.25) is 0 Å². The second-order valence-electron chi connectivity index (χ2n) is 6.40. The number of rotatable bonds is 6. The van der Waals surface area contributed by atoms with Crippen LogP contribution in [-0.2, 0) is 11.2 Å². The molecule has 0 bridgehead atoms. The molecule has 0 radical (unpaired) electrons. The molecule has 0 saturated carbocycles. The smallest absolute Gasteiger partial charge is 0.264 e. The standard InChI is InChI=1S/C23H20N2O2S/c1-2-16-7-5-6-10-21(16)27-14-22(26)25-23-24-20(15-28-23)19-12-11-17-8-3-4-9-18(17)13-19/h3-13,15H,2,14H2,1H3,(H,24,25,26). The highest BCUT2D eigenvalue weighted by Crippen LogP contribution is 2.27. The van der Waals surface area contributed by atoms with Crippen molar-refractivity contribution >= 4 is 33.1 Å². The minimum Gasteiger partial charge on any atom is -0.483 e. The van der Waals surface area contributed by atoms with E-state index in [1.165, 1.54) is 22.1 Å². The Morgan fingerprint density at radius 3 is 2.68 bits per heavy atom. The maximum absolute atomic E-state index is 12.2. The van der Waals surface area contributed by atoms with Gasteiger partial charge in [-0.2, -0.15) is 0 Å². The first kappa shape index (κ1) is 18.2. The second-order valence-corrected chi connectivity index (χ2v) is 7.26. The number of hydrogen-bond donors (Lipinski definition) is 1. The summed E-state index contributed by atoms with van der Waals surface area (Å²) in [6.45, 7) is 2.02. The Balaban J connectivity index is 1.42. The van der Waals surface area contributed by atoms with Crippen LogP contribution < -0.4 is 10.1 Å². The highest BCUT2D eigenvalue weighted by molar-refractivity contribution is 7.14. The molecule has 1 heterocycles. The summed E-state index contributed by atoms with van der Waals surface area (Å²) in [5.74, 6) is 0.529. The van der Waals surface area contributed by atoms with Gasteiger partial charge in [-0.3, -0.25) is 10.1 Å². The zero-order chi connectivity index (χ0) is 19.3. The van der Waals surface area contributed by atoms with Crippen LogP contribution in [0.25, 0.3) is 22.0 Å². The van der Waals surface area contributed by atoms with Crippen molar-refractivity contribution in [1.82, 2.24) is 4.98 Å². The summed E-state index contributed by atoms with van der Waals surface area (Å²) >= 11 is 1.41. The normalized spacial score (nSPS) is 10.8. The number of ether oxygens (including phenoxy) is 1. The summed E-state index contributed by atoms with van der Waals surface area (Å²) in [5, 5.41) is 7.70. The number of aromatic nitrogens is 1. The van der Waals surface area contributed by atoms with Crippen molar-refractivity contribution in [3.8, 4) is 17.0 Å². The first-order chi connectivity index (χ1) is 13.7. The number of aryl methyl sites for hydroxylation is 1. The molecular weight excluding hydrogens is 368 g/mol. The zero-order valence-electron chi connectivity index (χ0n) is 15.5. The van der Waals surface area contributed by atoms with Gasteiger partial charge in [0.15, 0.2) is 11.7 Å². The molecule has 140 valence electrons. The SMILES string of the molecule is CCc1ccccc1OCC(=O)Nc1nc(-c2ccc3ccccc3c2)cs1. The van der Waals surface area contributed by atoms with Gasteiger partial charge in [-0.15, -0.1) is 11.3 Å². The second kappa shape index (κ2) is 8.23. The molecule has 0 aliphatic carbocycles. The first-order valence-electron chi connectivity index (χ1n) is 9.18. The van der Waals surface area contributed by atoms with Gasteiger partial charge in [-0.25, -0.2) is 4.98 Å². The highest BCUT2D eigenvalue weighted by Gasteiger charge is 2.10. The van der Waals surface area contributed by atoms with Crippen molar-refractivity contribution in [3.05, 3.63) is 77.7 Å². The van der Waals surface area contributed by atoms with Crippen LogP contribution in [0.15, 0.2) is 72.1 Å². The molecule has 0 atom stereocenters. The molecule has 1 aromatic heterocycles. The van der Waals surface area contributed by atoms with Crippen molar-refractivity contribution in [2.24, 2.45) is 0 Å². The molecule has 4 rings (SSSR count). The van der Waals surface area contributed by atoms with Gasteiger partial charge < -0.3 is 4.74 Å². The summed E-state index contributed by atoms with van der Waals surface area (Å²) in [7, 11) is 0. The number of amides is 1. The number of fused-ring (bicyclic) bond motifs is 1. The van der Waals surface area contributed by atoms with Crippen LogP contribution in [-0.4, -0.2) is 17.5 Å². The first-order valence-corrected chi connectivity index (χ1v) is 10.1. The predicted molar refractivity (Wildman–Crippen MR) is 115 cm³/mol. The molecule has 0 unspecified atom stereocenters. The third kappa shape index (κ3) is 4.05. The lowest BCUT2D eigenvalue weighted by atomic mass is 10.1. The average molecular weight is 388 g/mol. The Labute approximate surface area is 167 Å². The van der Waals surface area contributed by atoms with E-state index in [1.807, 2.05) is 47.8 Å². The fourth-order valence-electron chi connectivity index (χ4n) is 3.05. The van der Waals surface area contributed by atoms with Crippen molar-refractivity contribution < 1.29 is 9.53 Å². The Kier molecular flexibility index (Phi) is 5.35. The molecule has 1 N–H and O–H groups in total. The molecule has 0 aliphatic heterocycles. The van der Waals surface area contributed by atoms with E-state index in [0.29, 0.717) is 5.13 Å². The lowest BCUT2D eigenvalue weighted by Gasteiger charge is -2.09. The topological polar surface area (TPSA) is 51.2 Å². The number of carbonyl (C=O) groups excluding carboxylic acids is 1. The third-order valence-corrected chi connectivity index (χ3v) is 5.27. The molecule has 28 heavy (non-hydrogen) atoms. The van der Waals surface area contributed by atoms with E-state index in [4.69, 9.17) is 4.74 Å². The average Bonchev–Trinajstić information content (AvgIpc) is 3.20. The molecule has 3 aromatic carbocycles. The zero-order valence-corrected chi connectivity index (χ0v) is 16.3. The quantitative estimate of drug-likeness (QED) is 0.472. The van der Waals surface area contributed by atoms with Crippen molar-refractivity contribution in [2.45, 2.75) is 13.3 Å². The van der Waals surface area contributed by atoms with Crippen LogP contribution in [0.2, 0.25) is 0 Å². The molecule has 4 aromatic rings. The minimum absolute atomic E-state index is 0.0398. The Bertz CT molecular complexity index is 1120. The number of para-hydroxylation sites is 1. The number of benzene rings is 3. The molecule has 1 amide bonds. The van der Waals surface area contributed by atoms with E-state index < -0.39 is 0 Å². The van der Waals surface area contributed by atoms with E-state index in [0.717, 1.165) is 29.0 Å². The number of thiazole rings is 1. The number of carbonyl (C=O) groups is 1. The predicted octanol–water partition coefficient (Wildman–Crippen LogP) is 5.54. The van der Waals surface area contributed by atoms with Crippen molar-refractivity contribution in [1.29, 1.82) is 0 Å². The summed E-state index contributed by atoms with van der Waals surface area (Å²) < 4.78 is 5.67. The Morgan fingerprint density at radius 2 is 1.82 bits per heavy atom. The van der Waals surface area contributed by atoms with Gasteiger partial charge in [0.1, 0.15) is 5.75 Å². The van der Waals surface area contributed by atoms with Crippen LogP contribution in [0.3, 0.4) is 0 Å². The van der Waals surface area contributed by atoms with E-state index in [2.05, 4.69) is 41.5 Å². The third-order valence-electron chi connectivity index (χ3n) is 4.51. The number of nitrogens with zero attached hydrogens (tertiary/aromatic N) is 1. The minimum atomic E-state index is -0.217. The van der Waals surface area contributed by atoms with E-state index in [9.17, 15) is 4.79 Å². The molecule has 0 fully saturated rings. The fourth-order valence-corrected chi connectivity index (χ4v) is 3.78. The van der Waals surface area contributed by atoms with Crippen LogP contribution in [0, 0.1) is 0 Å². The molecule has 0 spiro atoms. The van der Waals surface area contributed by atoms with Gasteiger partial charge in [-0.05, 0) is 34.9 Å². The Hall–Kier alpha value is -3.18. The van der Waals surface area contributed by atoms with Gasteiger partial charge in [0.25, 0.3) is 5.91 Å². The van der Waals surface area contributed by atoms with Gasteiger partial charge in [0, 0.05) is 10.9 Å². The van der Waals surface area contributed by atoms with E-state index >= 15 is 0 Å². The molecule has 5 heteroatoms. The number of nitrogens with one attached hydrogen (secondary N) is 1.